The highest BCUT2D eigenvalue weighted by Crippen LogP contribution is 2.38. The molecule has 5 nitrogen and oxygen atoms in total. The van der Waals surface area contributed by atoms with E-state index < -0.39 is 11.8 Å². The Hall–Kier alpha value is -3.82. The SMILES string of the molecule is CCOc1cc(/C=C(/C#N)c2cccc(F)c2)cc(Cl)c1OCc1ccc(C(=O)[O-])cc1. The van der Waals surface area contributed by atoms with Crippen LogP contribution < -0.4 is 14.6 Å². The third-order valence-corrected chi connectivity index (χ3v) is 4.75. The van der Waals surface area contributed by atoms with Crippen molar-refractivity contribution >= 4 is 29.2 Å². The fourth-order valence-corrected chi connectivity index (χ4v) is 3.24. The van der Waals surface area contributed by atoms with Crippen molar-refractivity contribution in [3.8, 4) is 17.6 Å². The fraction of sp³-hybridized carbons (Fsp3) is 0.120. The molecule has 0 aliphatic carbocycles. The van der Waals surface area contributed by atoms with Crippen LogP contribution in [0.2, 0.25) is 5.02 Å². The largest absolute Gasteiger partial charge is 0.545 e. The Bertz CT molecular complexity index is 1200. The zero-order valence-corrected chi connectivity index (χ0v) is 17.9. The fourth-order valence-electron chi connectivity index (χ4n) is 2.97. The average molecular weight is 451 g/mol. The number of allylic oxidation sites excluding steroid dienone is 1. The van der Waals surface area contributed by atoms with E-state index in [1.165, 1.54) is 30.3 Å². The number of carbonyl (C=O) groups excluding carboxylic acids is 1. The molecule has 32 heavy (non-hydrogen) atoms. The number of halogens is 2. The molecule has 0 saturated heterocycles. The van der Waals surface area contributed by atoms with Gasteiger partial charge in [-0.2, -0.15) is 5.26 Å². The van der Waals surface area contributed by atoms with Crippen molar-refractivity contribution in [2.45, 2.75) is 13.5 Å². The van der Waals surface area contributed by atoms with Crippen LogP contribution in [0, 0.1) is 17.1 Å². The molecule has 3 rings (SSSR count). The van der Waals surface area contributed by atoms with E-state index in [1.807, 2.05) is 6.92 Å². The number of hydrogen-bond acceptors (Lipinski definition) is 5. The third kappa shape index (κ3) is 5.65. The van der Waals surface area contributed by atoms with Crippen molar-refractivity contribution in [1.82, 2.24) is 0 Å². The van der Waals surface area contributed by atoms with E-state index in [0.717, 1.165) is 5.56 Å². The Morgan fingerprint density at radius 1 is 1.12 bits per heavy atom. The van der Waals surface area contributed by atoms with E-state index in [9.17, 15) is 19.6 Å². The highest BCUT2D eigenvalue weighted by molar-refractivity contribution is 6.32. The lowest BCUT2D eigenvalue weighted by atomic mass is 10.0. The summed E-state index contributed by atoms with van der Waals surface area (Å²) in [7, 11) is 0. The standard InChI is InChI=1S/C25H19ClFNO4/c1-2-31-23-12-17(10-20(14-28)19-4-3-5-21(27)13-19)11-22(26)24(23)32-15-16-6-8-18(9-7-16)25(29)30/h3-13H,2,15H2,1H3,(H,29,30)/p-1/b20-10-. The molecule has 0 N–H and O–H groups in total. The highest BCUT2D eigenvalue weighted by Gasteiger charge is 2.13. The maximum absolute atomic E-state index is 13.5. The lowest BCUT2D eigenvalue weighted by Crippen LogP contribution is -2.22. The van der Waals surface area contributed by atoms with Crippen LogP contribution in [0.5, 0.6) is 11.5 Å². The van der Waals surface area contributed by atoms with Gasteiger partial charge in [0.2, 0.25) is 0 Å². The molecule has 3 aromatic rings. The van der Waals surface area contributed by atoms with Gasteiger partial charge in [0.15, 0.2) is 11.5 Å². The van der Waals surface area contributed by atoms with Crippen molar-refractivity contribution in [2.75, 3.05) is 6.61 Å². The van der Waals surface area contributed by atoms with Gasteiger partial charge in [-0.15, -0.1) is 0 Å². The molecular formula is C25H18ClFNO4-. The first kappa shape index (κ1) is 22.9. The average Bonchev–Trinajstić information content (AvgIpc) is 2.77. The summed E-state index contributed by atoms with van der Waals surface area (Å²) in [5.41, 5.74) is 2.11. The van der Waals surface area contributed by atoms with E-state index in [-0.39, 0.29) is 22.8 Å². The summed E-state index contributed by atoms with van der Waals surface area (Å²) < 4.78 is 25.1. The molecule has 0 amide bonds. The number of rotatable bonds is 8. The van der Waals surface area contributed by atoms with Crippen LogP contribution in [0.1, 0.15) is 34.0 Å². The zero-order valence-electron chi connectivity index (χ0n) is 17.1. The van der Waals surface area contributed by atoms with Crippen molar-refractivity contribution < 1.29 is 23.8 Å². The highest BCUT2D eigenvalue weighted by atomic mass is 35.5. The van der Waals surface area contributed by atoms with Crippen LogP contribution in [0.3, 0.4) is 0 Å². The minimum Gasteiger partial charge on any atom is -0.545 e. The minimum absolute atomic E-state index is 0.0736. The Kier molecular flexibility index (Phi) is 7.48. The van der Waals surface area contributed by atoms with Gasteiger partial charge in [-0.1, -0.05) is 48.0 Å². The number of benzene rings is 3. The number of nitriles is 1. The monoisotopic (exact) mass is 450 g/mol. The summed E-state index contributed by atoms with van der Waals surface area (Å²) in [6.07, 6.45) is 1.59. The summed E-state index contributed by atoms with van der Waals surface area (Å²) in [4.78, 5) is 10.9. The van der Waals surface area contributed by atoms with Gasteiger partial charge >= 0.3 is 0 Å². The second-order valence-corrected chi connectivity index (χ2v) is 7.12. The van der Waals surface area contributed by atoms with Gasteiger partial charge in [-0.25, -0.2) is 4.39 Å². The molecule has 0 aliphatic heterocycles. The Labute approximate surface area is 189 Å². The Morgan fingerprint density at radius 2 is 1.88 bits per heavy atom. The number of carbonyl (C=O) groups is 1. The molecule has 3 aromatic carbocycles. The smallest absolute Gasteiger partial charge is 0.180 e. The van der Waals surface area contributed by atoms with Crippen molar-refractivity contribution in [1.29, 1.82) is 5.26 Å². The Morgan fingerprint density at radius 3 is 2.50 bits per heavy atom. The summed E-state index contributed by atoms with van der Waals surface area (Å²) in [5, 5.41) is 20.7. The maximum Gasteiger partial charge on any atom is 0.180 e. The summed E-state index contributed by atoms with van der Waals surface area (Å²) in [6.45, 7) is 2.30. The molecule has 0 aliphatic rings. The maximum atomic E-state index is 13.5. The molecule has 0 saturated carbocycles. The molecule has 0 spiro atoms. The van der Waals surface area contributed by atoms with Crippen LogP contribution in [0.15, 0.2) is 60.7 Å². The normalized spacial score (nSPS) is 11.0. The topological polar surface area (TPSA) is 82.4 Å². The summed E-state index contributed by atoms with van der Waals surface area (Å²) in [5.74, 6) is -0.987. The lowest BCUT2D eigenvalue weighted by molar-refractivity contribution is -0.255. The Balaban J connectivity index is 1.88. The van der Waals surface area contributed by atoms with E-state index in [4.69, 9.17) is 21.1 Å². The second kappa shape index (κ2) is 10.5. The van der Waals surface area contributed by atoms with Gasteiger partial charge in [-0.3, -0.25) is 0 Å². The third-order valence-electron chi connectivity index (χ3n) is 4.47. The number of aromatic carboxylic acids is 1. The van der Waals surface area contributed by atoms with Crippen molar-refractivity contribution in [2.24, 2.45) is 0 Å². The predicted octanol–water partition coefficient (Wildman–Crippen LogP) is 4.88. The van der Waals surface area contributed by atoms with Crippen LogP contribution in [0.4, 0.5) is 4.39 Å². The first-order valence-corrected chi connectivity index (χ1v) is 10.1. The van der Waals surface area contributed by atoms with E-state index in [2.05, 4.69) is 6.07 Å². The molecule has 0 aromatic heterocycles. The van der Waals surface area contributed by atoms with Gasteiger partial charge in [0.05, 0.1) is 29.2 Å². The first-order chi connectivity index (χ1) is 15.4. The summed E-state index contributed by atoms with van der Waals surface area (Å²) in [6, 6.07) is 17.2. The number of hydrogen-bond donors (Lipinski definition) is 0. The zero-order chi connectivity index (χ0) is 23.1. The van der Waals surface area contributed by atoms with Gasteiger partial charge in [0, 0.05) is 0 Å². The lowest BCUT2D eigenvalue weighted by Gasteiger charge is -2.15. The number of carboxylic acids is 1. The van der Waals surface area contributed by atoms with Crippen LogP contribution >= 0.6 is 11.6 Å². The van der Waals surface area contributed by atoms with Gasteiger partial charge < -0.3 is 19.4 Å². The molecule has 0 atom stereocenters. The van der Waals surface area contributed by atoms with E-state index in [1.54, 1.807) is 36.4 Å². The number of nitrogens with zero attached hydrogens (tertiary/aromatic N) is 1. The van der Waals surface area contributed by atoms with Crippen molar-refractivity contribution in [3.05, 3.63) is 93.8 Å². The molecule has 7 heteroatoms. The van der Waals surface area contributed by atoms with Crippen LogP contribution in [-0.2, 0) is 6.61 Å². The molecule has 0 unspecified atom stereocenters. The van der Waals surface area contributed by atoms with Gasteiger partial charge in [0.1, 0.15) is 12.4 Å². The van der Waals surface area contributed by atoms with Crippen molar-refractivity contribution in [3.63, 3.8) is 0 Å². The van der Waals surface area contributed by atoms with Crippen LogP contribution in [-0.4, -0.2) is 12.6 Å². The quantitative estimate of drug-likeness (QED) is 0.360. The van der Waals surface area contributed by atoms with E-state index in [0.29, 0.717) is 29.2 Å². The molecule has 0 heterocycles. The second-order valence-electron chi connectivity index (χ2n) is 6.72. The molecular weight excluding hydrogens is 433 g/mol. The number of carboxylic acid groups (broad SMARTS) is 1. The van der Waals surface area contributed by atoms with E-state index >= 15 is 0 Å². The predicted molar refractivity (Wildman–Crippen MR) is 118 cm³/mol. The number of ether oxygens (including phenoxy) is 2. The molecule has 0 bridgehead atoms. The minimum atomic E-state index is -1.25. The molecule has 162 valence electrons. The van der Waals surface area contributed by atoms with Gasteiger partial charge in [0.25, 0.3) is 0 Å². The van der Waals surface area contributed by atoms with Crippen LogP contribution in [0.25, 0.3) is 11.6 Å². The first-order valence-electron chi connectivity index (χ1n) is 9.68. The molecule has 0 radical (unpaired) electrons. The summed E-state index contributed by atoms with van der Waals surface area (Å²) >= 11 is 6.44. The van der Waals surface area contributed by atoms with Gasteiger partial charge in [-0.05, 0) is 59.5 Å². The molecule has 0 fully saturated rings.